The Bertz CT molecular complexity index is 1070. The highest BCUT2D eigenvalue weighted by molar-refractivity contribution is 5.78. The molecule has 9 nitrogen and oxygen atoms in total. The van der Waals surface area contributed by atoms with Crippen LogP contribution < -0.4 is 16.6 Å². The van der Waals surface area contributed by atoms with Gasteiger partial charge in [0.05, 0.1) is 5.69 Å². The van der Waals surface area contributed by atoms with E-state index in [2.05, 4.69) is 15.3 Å². The van der Waals surface area contributed by atoms with Crippen molar-refractivity contribution < 1.29 is 14.3 Å². The molecule has 3 aromatic rings. The van der Waals surface area contributed by atoms with Crippen molar-refractivity contribution in [2.45, 2.75) is 6.54 Å². The average molecular weight is 333 g/mol. The molecule has 0 aliphatic rings. The topological polar surface area (TPSA) is 122 Å². The van der Waals surface area contributed by atoms with E-state index in [9.17, 15) is 18.8 Å². The number of hydrogen-bond donors (Lipinski definition) is 3. The van der Waals surface area contributed by atoms with Gasteiger partial charge in [0, 0.05) is 7.05 Å². The molecule has 0 fully saturated rings. The van der Waals surface area contributed by atoms with Crippen LogP contribution in [0.1, 0.15) is 0 Å². The Morgan fingerprint density at radius 2 is 2.08 bits per heavy atom. The standard InChI is InChI=1S/C14H12FN5O4/c1-19-11-10(12(23)18-14(19)24)20(6-9(21)22)13(17-11)16-8-5-3-2-4-7(8)15/h2-5H,6H2,1H3,(H,16,17)(H,21,22)(H,18,23,24). The fourth-order valence-electron chi connectivity index (χ4n) is 2.30. The molecule has 24 heavy (non-hydrogen) atoms. The number of carboxylic acids is 1. The first kappa shape index (κ1) is 15.5. The quantitative estimate of drug-likeness (QED) is 0.635. The fraction of sp³-hybridized carbons (Fsp3) is 0.143. The van der Waals surface area contributed by atoms with Crippen molar-refractivity contribution >= 4 is 28.8 Å². The second kappa shape index (κ2) is 5.65. The molecule has 2 heterocycles. The summed E-state index contributed by atoms with van der Waals surface area (Å²) in [4.78, 5) is 41.0. The van der Waals surface area contributed by atoms with Crippen LogP contribution in [0.25, 0.3) is 11.2 Å². The molecule has 0 spiro atoms. The van der Waals surface area contributed by atoms with Crippen LogP contribution in [0.2, 0.25) is 0 Å². The number of anilines is 2. The van der Waals surface area contributed by atoms with Crippen LogP contribution in [0, 0.1) is 5.82 Å². The SMILES string of the molecule is Cn1c(=O)[nH]c(=O)c2c1nc(Nc1ccccc1F)n2CC(=O)O. The number of rotatable bonds is 4. The van der Waals surface area contributed by atoms with Crippen molar-refractivity contribution in [2.24, 2.45) is 7.05 Å². The number of aliphatic carboxylic acids is 1. The molecule has 124 valence electrons. The first-order chi connectivity index (χ1) is 11.4. The molecule has 1 aromatic carbocycles. The Balaban J connectivity index is 2.27. The number of nitrogens with zero attached hydrogens (tertiary/aromatic N) is 3. The number of imidazole rings is 1. The minimum atomic E-state index is -1.22. The lowest BCUT2D eigenvalue weighted by Gasteiger charge is -2.08. The van der Waals surface area contributed by atoms with E-state index in [4.69, 9.17) is 5.11 Å². The molecule has 0 atom stereocenters. The predicted molar refractivity (Wildman–Crippen MR) is 82.9 cm³/mol. The Hall–Kier alpha value is -3.43. The van der Waals surface area contributed by atoms with Crippen molar-refractivity contribution in [2.75, 3.05) is 5.32 Å². The number of fused-ring (bicyclic) bond motifs is 1. The number of aryl methyl sites for hydroxylation is 1. The first-order valence-electron chi connectivity index (χ1n) is 6.81. The zero-order valence-corrected chi connectivity index (χ0v) is 12.4. The number of carboxylic acid groups (broad SMARTS) is 1. The normalized spacial score (nSPS) is 10.9. The molecule has 0 aliphatic carbocycles. The third-order valence-corrected chi connectivity index (χ3v) is 3.42. The highest BCUT2D eigenvalue weighted by Crippen LogP contribution is 2.21. The molecule has 0 bridgehead atoms. The second-order valence-electron chi connectivity index (χ2n) is 5.01. The van der Waals surface area contributed by atoms with Gasteiger partial charge in [-0.1, -0.05) is 12.1 Å². The Labute approximate surface area is 133 Å². The Kier molecular flexibility index (Phi) is 3.64. The Morgan fingerprint density at radius 3 is 2.75 bits per heavy atom. The van der Waals surface area contributed by atoms with Crippen molar-refractivity contribution in [3.63, 3.8) is 0 Å². The Morgan fingerprint density at radius 1 is 1.38 bits per heavy atom. The number of aromatic amines is 1. The van der Waals surface area contributed by atoms with E-state index in [0.717, 1.165) is 9.13 Å². The lowest BCUT2D eigenvalue weighted by Crippen LogP contribution is -2.29. The largest absolute Gasteiger partial charge is 0.480 e. The maximum Gasteiger partial charge on any atom is 0.329 e. The lowest BCUT2D eigenvalue weighted by atomic mass is 10.3. The van der Waals surface area contributed by atoms with Crippen LogP contribution in [0.4, 0.5) is 16.0 Å². The molecule has 0 saturated carbocycles. The van der Waals surface area contributed by atoms with E-state index >= 15 is 0 Å². The average Bonchev–Trinajstić information content (AvgIpc) is 2.86. The number of para-hydroxylation sites is 1. The van der Waals surface area contributed by atoms with E-state index in [0.29, 0.717) is 0 Å². The van der Waals surface area contributed by atoms with Gasteiger partial charge in [-0.05, 0) is 12.1 Å². The number of nitrogens with one attached hydrogen (secondary N) is 2. The lowest BCUT2D eigenvalue weighted by molar-refractivity contribution is -0.137. The molecule has 10 heteroatoms. The first-order valence-corrected chi connectivity index (χ1v) is 6.81. The minimum absolute atomic E-state index is 0.0103. The fourth-order valence-corrected chi connectivity index (χ4v) is 2.30. The van der Waals surface area contributed by atoms with E-state index < -0.39 is 29.6 Å². The number of aromatic nitrogens is 4. The van der Waals surface area contributed by atoms with Crippen LogP contribution in [0.5, 0.6) is 0 Å². The molecule has 0 amide bonds. The van der Waals surface area contributed by atoms with E-state index in [-0.39, 0.29) is 22.8 Å². The van der Waals surface area contributed by atoms with Gasteiger partial charge in [-0.25, -0.2) is 9.18 Å². The molecular weight excluding hydrogens is 321 g/mol. The van der Waals surface area contributed by atoms with Crippen LogP contribution in [0.3, 0.4) is 0 Å². The van der Waals surface area contributed by atoms with Crippen LogP contribution >= 0.6 is 0 Å². The summed E-state index contributed by atoms with van der Waals surface area (Å²) in [6.07, 6.45) is 0. The van der Waals surface area contributed by atoms with Gasteiger partial charge in [0.1, 0.15) is 12.4 Å². The van der Waals surface area contributed by atoms with Gasteiger partial charge < -0.3 is 10.4 Å². The molecule has 0 aliphatic heterocycles. The predicted octanol–water partition coefficient (Wildman–Crippen LogP) is 0.391. The molecule has 2 aromatic heterocycles. The van der Waals surface area contributed by atoms with Crippen molar-refractivity contribution in [3.8, 4) is 0 Å². The maximum absolute atomic E-state index is 13.8. The van der Waals surface area contributed by atoms with Crippen molar-refractivity contribution in [1.82, 2.24) is 19.1 Å². The zero-order valence-electron chi connectivity index (χ0n) is 12.4. The molecule has 0 unspecified atom stereocenters. The van der Waals surface area contributed by atoms with Crippen LogP contribution in [0.15, 0.2) is 33.9 Å². The van der Waals surface area contributed by atoms with E-state index in [1.165, 1.54) is 25.2 Å². The third-order valence-electron chi connectivity index (χ3n) is 3.42. The summed E-state index contributed by atoms with van der Waals surface area (Å²) in [6.45, 7) is -0.589. The van der Waals surface area contributed by atoms with Gasteiger partial charge in [0.25, 0.3) is 5.56 Å². The molecule has 3 rings (SSSR count). The number of hydrogen-bond acceptors (Lipinski definition) is 5. The molecule has 0 saturated heterocycles. The number of carbonyl (C=O) groups is 1. The minimum Gasteiger partial charge on any atom is -0.480 e. The van der Waals surface area contributed by atoms with Gasteiger partial charge in [0.2, 0.25) is 5.95 Å². The summed E-state index contributed by atoms with van der Waals surface area (Å²) < 4.78 is 16.0. The summed E-state index contributed by atoms with van der Waals surface area (Å²) in [5, 5.41) is 11.7. The molecule has 3 N–H and O–H groups in total. The summed E-state index contributed by atoms with van der Waals surface area (Å²) in [5.74, 6) is -1.86. The second-order valence-corrected chi connectivity index (χ2v) is 5.01. The van der Waals surface area contributed by atoms with E-state index in [1.54, 1.807) is 6.07 Å². The van der Waals surface area contributed by atoms with Gasteiger partial charge in [-0.2, -0.15) is 4.98 Å². The highest BCUT2D eigenvalue weighted by Gasteiger charge is 2.19. The van der Waals surface area contributed by atoms with Crippen molar-refractivity contribution in [1.29, 1.82) is 0 Å². The van der Waals surface area contributed by atoms with Gasteiger partial charge in [-0.3, -0.25) is 23.7 Å². The summed E-state index contributed by atoms with van der Waals surface area (Å²) in [5.41, 5.74) is -1.52. The highest BCUT2D eigenvalue weighted by atomic mass is 19.1. The third kappa shape index (κ3) is 2.53. The summed E-state index contributed by atoms with van der Waals surface area (Å²) in [7, 11) is 1.38. The van der Waals surface area contributed by atoms with Crippen LogP contribution in [-0.2, 0) is 18.4 Å². The maximum atomic E-state index is 13.8. The molecule has 0 radical (unpaired) electrons. The number of benzene rings is 1. The van der Waals surface area contributed by atoms with Gasteiger partial charge in [0.15, 0.2) is 11.2 Å². The van der Waals surface area contributed by atoms with Crippen LogP contribution in [-0.4, -0.2) is 30.2 Å². The van der Waals surface area contributed by atoms with Crippen molar-refractivity contribution in [3.05, 3.63) is 50.9 Å². The van der Waals surface area contributed by atoms with Gasteiger partial charge >= 0.3 is 11.7 Å². The van der Waals surface area contributed by atoms with Gasteiger partial charge in [-0.15, -0.1) is 0 Å². The summed E-state index contributed by atoms with van der Waals surface area (Å²) >= 11 is 0. The summed E-state index contributed by atoms with van der Waals surface area (Å²) in [6, 6.07) is 5.73. The zero-order chi connectivity index (χ0) is 17.4. The monoisotopic (exact) mass is 333 g/mol. The van der Waals surface area contributed by atoms with E-state index in [1.807, 2.05) is 0 Å². The molecular formula is C14H12FN5O4. The smallest absolute Gasteiger partial charge is 0.329 e. The number of halogens is 1. The number of H-pyrrole nitrogens is 1.